The molecule has 0 saturated carbocycles. The first-order valence-corrected chi connectivity index (χ1v) is 10.1. The number of hydrogen-bond acceptors (Lipinski definition) is 7. The highest BCUT2D eigenvalue weighted by Crippen LogP contribution is 2.15. The zero-order chi connectivity index (χ0) is 22.3. The van der Waals surface area contributed by atoms with E-state index in [1.807, 2.05) is 12.1 Å². The summed E-state index contributed by atoms with van der Waals surface area (Å²) in [5, 5.41) is 5.78. The molecule has 0 radical (unpaired) electrons. The second-order valence-corrected chi connectivity index (χ2v) is 7.16. The number of morpholine rings is 1. The third-order valence-electron chi connectivity index (χ3n) is 4.87. The third-order valence-corrected chi connectivity index (χ3v) is 4.87. The molecule has 0 spiro atoms. The molecule has 1 fully saturated rings. The molecule has 0 aliphatic carbocycles. The van der Waals surface area contributed by atoms with Crippen LogP contribution in [0.3, 0.4) is 0 Å². The van der Waals surface area contributed by atoms with E-state index in [-0.39, 0.29) is 18.3 Å². The summed E-state index contributed by atoms with van der Waals surface area (Å²) in [6.45, 7) is 0.914. The van der Waals surface area contributed by atoms with Gasteiger partial charge in [-0.1, -0.05) is 36.4 Å². The van der Waals surface area contributed by atoms with Gasteiger partial charge in [-0.15, -0.1) is 0 Å². The largest absolute Gasteiger partial charge is 0.459 e. The molecule has 2 N–H and O–H groups in total. The van der Waals surface area contributed by atoms with Crippen molar-refractivity contribution in [2.75, 3.05) is 25.0 Å². The molecule has 9 nitrogen and oxygen atoms in total. The van der Waals surface area contributed by atoms with E-state index in [1.165, 1.54) is 16.8 Å². The van der Waals surface area contributed by atoms with Crippen LogP contribution >= 0.6 is 0 Å². The zero-order valence-corrected chi connectivity index (χ0v) is 17.1. The van der Waals surface area contributed by atoms with E-state index in [0.717, 1.165) is 0 Å². The van der Waals surface area contributed by atoms with Gasteiger partial charge < -0.3 is 20.1 Å². The maximum atomic E-state index is 12.5. The highest BCUT2D eigenvalue weighted by Gasteiger charge is 2.25. The van der Waals surface area contributed by atoms with Gasteiger partial charge in [-0.25, -0.2) is 9.59 Å². The van der Waals surface area contributed by atoms with Crippen LogP contribution in [0.5, 0.6) is 0 Å². The van der Waals surface area contributed by atoms with Crippen molar-refractivity contribution in [3.8, 4) is 0 Å². The van der Waals surface area contributed by atoms with E-state index in [1.54, 1.807) is 48.5 Å². The van der Waals surface area contributed by atoms with Gasteiger partial charge in [-0.2, -0.15) is 4.98 Å². The molecule has 4 rings (SSSR count). The van der Waals surface area contributed by atoms with E-state index < -0.39 is 24.0 Å². The van der Waals surface area contributed by atoms with Crippen LogP contribution < -0.4 is 16.3 Å². The van der Waals surface area contributed by atoms with E-state index in [9.17, 15) is 14.4 Å². The fraction of sp³-hybridized carbons (Fsp3) is 0.217. The van der Waals surface area contributed by atoms with Gasteiger partial charge in [0.2, 0.25) is 0 Å². The van der Waals surface area contributed by atoms with E-state index in [2.05, 4.69) is 15.6 Å². The summed E-state index contributed by atoms with van der Waals surface area (Å²) in [5.74, 6) is -0.642. The van der Waals surface area contributed by atoms with Crippen LogP contribution in [0.2, 0.25) is 0 Å². The van der Waals surface area contributed by atoms with Gasteiger partial charge in [0, 0.05) is 24.8 Å². The summed E-state index contributed by atoms with van der Waals surface area (Å²) >= 11 is 0. The van der Waals surface area contributed by atoms with Crippen LogP contribution in [0.15, 0.2) is 77.7 Å². The summed E-state index contributed by atoms with van der Waals surface area (Å²) in [5.41, 5.74) is 0.358. The number of hydrogen-bond donors (Lipinski definition) is 2. The number of carbonyl (C=O) groups excluding carboxylic acids is 2. The average molecular weight is 434 g/mol. The molecule has 0 unspecified atom stereocenters. The van der Waals surface area contributed by atoms with Crippen molar-refractivity contribution in [3.05, 3.63) is 94.5 Å². The van der Waals surface area contributed by atoms with Crippen molar-refractivity contribution >= 4 is 17.7 Å². The quantitative estimate of drug-likeness (QED) is 0.570. The summed E-state index contributed by atoms with van der Waals surface area (Å²) in [4.78, 5) is 40.8. The van der Waals surface area contributed by atoms with Gasteiger partial charge >= 0.3 is 11.7 Å². The molecule has 2 atom stereocenters. The van der Waals surface area contributed by atoms with Crippen molar-refractivity contribution in [1.29, 1.82) is 0 Å². The number of anilines is 1. The topological polar surface area (TPSA) is 112 Å². The van der Waals surface area contributed by atoms with Crippen LogP contribution in [0.4, 0.5) is 5.82 Å². The van der Waals surface area contributed by atoms with Crippen molar-refractivity contribution < 1.29 is 19.1 Å². The Hall–Kier alpha value is -3.82. The van der Waals surface area contributed by atoms with Gasteiger partial charge in [-0.05, 0) is 30.3 Å². The standard InChI is InChI=1S/C23H22N4O5/c28-21(16-7-3-1-4-8-16)25-19-11-12-27(23(30)26-19)20-14-24-13-18(32-20)15-31-22(29)17-9-5-2-6-10-17/h1-12,18,20,24H,13-15H2,(H,25,26,28,30)/t18-,20+/m0/s1. The molecule has 164 valence electrons. The number of amides is 1. The third kappa shape index (κ3) is 5.26. The van der Waals surface area contributed by atoms with Crippen LogP contribution in [-0.4, -0.2) is 47.2 Å². The molecule has 1 aliphatic heterocycles. The lowest BCUT2D eigenvalue weighted by molar-refractivity contribution is -0.0995. The number of ether oxygens (including phenoxy) is 2. The van der Waals surface area contributed by atoms with Crippen molar-refractivity contribution in [3.63, 3.8) is 0 Å². The summed E-state index contributed by atoms with van der Waals surface area (Å²) in [6, 6.07) is 18.9. The fourth-order valence-electron chi connectivity index (χ4n) is 3.25. The minimum absolute atomic E-state index is 0.0463. The Morgan fingerprint density at radius 1 is 1.03 bits per heavy atom. The van der Waals surface area contributed by atoms with Crippen LogP contribution in [-0.2, 0) is 9.47 Å². The maximum Gasteiger partial charge on any atom is 0.351 e. The highest BCUT2D eigenvalue weighted by molar-refractivity contribution is 6.03. The minimum Gasteiger partial charge on any atom is -0.459 e. The number of carbonyl (C=O) groups is 2. The van der Waals surface area contributed by atoms with E-state index in [0.29, 0.717) is 24.2 Å². The Labute approximate surface area is 184 Å². The van der Waals surface area contributed by atoms with Gasteiger partial charge in [0.05, 0.1) is 5.56 Å². The van der Waals surface area contributed by atoms with Crippen LogP contribution in [0, 0.1) is 0 Å². The molecule has 2 aromatic carbocycles. The Kier molecular flexibility index (Phi) is 6.69. The average Bonchev–Trinajstić information content (AvgIpc) is 2.84. The first-order chi connectivity index (χ1) is 15.6. The second kappa shape index (κ2) is 9.99. The lowest BCUT2D eigenvalue weighted by Gasteiger charge is -2.31. The molecule has 3 aromatic rings. The highest BCUT2D eigenvalue weighted by atomic mass is 16.6. The predicted molar refractivity (Wildman–Crippen MR) is 116 cm³/mol. The minimum atomic E-state index is -0.622. The van der Waals surface area contributed by atoms with Gasteiger partial charge in [0.15, 0.2) is 6.23 Å². The number of benzene rings is 2. The predicted octanol–water partition coefficient (Wildman–Crippen LogP) is 1.84. The van der Waals surface area contributed by atoms with Crippen molar-refractivity contribution in [2.45, 2.75) is 12.3 Å². The fourth-order valence-corrected chi connectivity index (χ4v) is 3.25. The van der Waals surface area contributed by atoms with E-state index >= 15 is 0 Å². The van der Waals surface area contributed by atoms with Crippen LogP contribution in [0.25, 0.3) is 0 Å². The van der Waals surface area contributed by atoms with Crippen LogP contribution in [0.1, 0.15) is 26.9 Å². The molecule has 1 aliphatic rings. The van der Waals surface area contributed by atoms with E-state index in [4.69, 9.17) is 9.47 Å². The zero-order valence-electron chi connectivity index (χ0n) is 17.1. The summed E-state index contributed by atoms with van der Waals surface area (Å²) in [6.07, 6.45) is 0.467. The maximum absolute atomic E-state index is 12.5. The Morgan fingerprint density at radius 2 is 1.72 bits per heavy atom. The summed E-state index contributed by atoms with van der Waals surface area (Å²) < 4.78 is 12.6. The smallest absolute Gasteiger partial charge is 0.351 e. The Morgan fingerprint density at radius 3 is 2.41 bits per heavy atom. The Balaban J connectivity index is 1.36. The monoisotopic (exact) mass is 434 g/mol. The van der Waals surface area contributed by atoms with Gasteiger partial charge in [-0.3, -0.25) is 9.36 Å². The molecular formula is C23H22N4O5. The molecule has 1 saturated heterocycles. The molecule has 1 amide bonds. The number of nitrogens with one attached hydrogen (secondary N) is 2. The molecule has 2 heterocycles. The number of nitrogens with zero attached hydrogens (tertiary/aromatic N) is 2. The second-order valence-electron chi connectivity index (χ2n) is 7.16. The number of rotatable bonds is 6. The number of aromatic nitrogens is 2. The van der Waals surface area contributed by atoms with Gasteiger partial charge in [0.25, 0.3) is 5.91 Å². The Bertz CT molecular complexity index is 1130. The first-order valence-electron chi connectivity index (χ1n) is 10.1. The summed E-state index contributed by atoms with van der Waals surface area (Å²) in [7, 11) is 0. The number of esters is 1. The SMILES string of the molecule is O=C(Nc1ccn([C@H]2CNC[C@@H](COC(=O)c3ccccc3)O2)c(=O)n1)c1ccccc1. The lowest BCUT2D eigenvalue weighted by atomic mass is 10.2. The van der Waals surface area contributed by atoms with Crippen molar-refractivity contribution in [1.82, 2.24) is 14.9 Å². The molecular weight excluding hydrogens is 412 g/mol. The molecule has 32 heavy (non-hydrogen) atoms. The molecule has 9 heteroatoms. The van der Waals surface area contributed by atoms with Gasteiger partial charge in [0.1, 0.15) is 18.5 Å². The van der Waals surface area contributed by atoms with Crippen molar-refractivity contribution in [2.24, 2.45) is 0 Å². The first kappa shape index (κ1) is 21.4. The molecule has 1 aromatic heterocycles. The lowest BCUT2D eigenvalue weighted by Crippen LogP contribution is -2.47. The normalized spacial score (nSPS) is 18.0. The molecule has 0 bridgehead atoms.